The molecule has 1 aromatic heterocycles. The van der Waals surface area contributed by atoms with E-state index in [0.29, 0.717) is 49.1 Å². The van der Waals surface area contributed by atoms with Crippen LogP contribution in [0.15, 0.2) is 114 Å². The number of aromatic nitrogens is 2. The number of esters is 2. The second-order valence-electron chi connectivity index (χ2n) is 13.4. The summed E-state index contributed by atoms with van der Waals surface area (Å²) in [6, 6.07) is 30.7. The number of benzene rings is 4. The molecule has 7 rings (SSSR count). The van der Waals surface area contributed by atoms with Crippen LogP contribution >= 0.6 is 0 Å². The van der Waals surface area contributed by atoms with Crippen LogP contribution in [0, 0.1) is 0 Å². The van der Waals surface area contributed by atoms with Crippen LogP contribution < -0.4 is 26.1 Å². The van der Waals surface area contributed by atoms with Gasteiger partial charge >= 0.3 is 23.7 Å². The smallest absolute Gasteiger partial charge is 0.357 e. The third-order valence-electron chi connectivity index (χ3n) is 9.48. The molecule has 0 aliphatic carbocycles. The highest BCUT2D eigenvalue weighted by atomic mass is 16.5. The van der Waals surface area contributed by atoms with E-state index >= 15 is 0 Å². The van der Waals surface area contributed by atoms with Crippen molar-refractivity contribution in [1.82, 2.24) is 14.9 Å². The Morgan fingerprint density at radius 2 is 1.25 bits per heavy atom. The number of aromatic amines is 1. The van der Waals surface area contributed by atoms with Crippen LogP contribution in [0.5, 0.6) is 0 Å². The van der Waals surface area contributed by atoms with E-state index < -0.39 is 29.8 Å². The van der Waals surface area contributed by atoms with Gasteiger partial charge in [-0.15, -0.1) is 0 Å². The Balaban J connectivity index is 0.000000224. The van der Waals surface area contributed by atoms with E-state index in [1.807, 2.05) is 72.8 Å². The van der Waals surface area contributed by atoms with Gasteiger partial charge in [0, 0.05) is 54.4 Å². The standard InChI is InChI=1S/C22H25N3O5.C22H23N3O4.CH4/c1-2-30-21(27)19(20(26)16-7-4-3-5-8-16)24-22(28)23-17-9-6-10-18(15-17)25-11-13-29-14-12-25;1-2-29-21(26)19-20(16-7-4-3-5-8-16)25(22(27)23-19)18-10-6-9-17(15-18)24-11-13-28-14-12-24;/h3-10,15,19H,2,11-14H2,1H3,(H2,23,24,28);3-10,15H,2,11-14H2,1H3,(H,23,27);1H4. The van der Waals surface area contributed by atoms with E-state index in [-0.39, 0.29) is 32.0 Å². The summed E-state index contributed by atoms with van der Waals surface area (Å²) in [4.78, 5) is 70.1. The van der Waals surface area contributed by atoms with E-state index in [0.717, 1.165) is 43.1 Å². The number of carbonyl (C=O) groups excluding carboxylic acids is 4. The highest BCUT2D eigenvalue weighted by molar-refractivity contribution is 6.14. The van der Waals surface area contributed by atoms with E-state index in [1.54, 1.807) is 50.2 Å². The average Bonchev–Trinajstić information content (AvgIpc) is 3.64. The molecule has 60 heavy (non-hydrogen) atoms. The minimum Gasteiger partial charge on any atom is -0.464 e. The number of nitrogens with one attached hydrogen (secondary N) is 3. The lowest BCUT2D eigenvalue weighted by Gasteiger charge is -2.29. The van der Waals surface area contributed by atoms with Crippen molar-refractivity contribution in [3.8, 4) is 16.9 Å². The number of ether oxygens (including phenoxy) is 4. The van der Waals surface area contributed by atoms with Crippen molar-refractivity contribution < 1.29 is 38.1 Å². The fraction of sp³-hybridized carbons (Fsp3) is 0.311. The van der Waals surface area contributed by atoms with Gasteiger partial charge in [0.25, 0.3) is 0 Å². The van der Waals surface area contributed by atoms with Gasteiger partial charge < -0.3 is 39.4 Å². The first-order valence-electron chi connectivity index (χ1n) is 19.5. The van der Waals surface area contributed by atoms with Gasteiger partial charge in [0.1, 0.15) is 0 Å². The van der Waals surface area contributed by atoms with Crippen LogP contribution in [0.4, 0.5) is 21.9 Å². The average molecular weight is 821 g/mol. The molecule has 2 fully saturated rings. The first-order chi connectivity index (χ1) is 28.8. The molecule has 1 atom stereocenters. The lowest BCUT2D eigenvalue weighted by molar-refractivity contribution is -0.143. The number of nitrogens with zero attached hydrogens (tertiary/aromatic N) is 3. The van der Waals surface area contributed by atoms with E-state index in [4.69, 9.17) is 18.9 Å². The number of morpholine rings is 2. The number of ketones is 1. The van der Waals surface area contributed by atoms with Gasteiger partial charge in [0.2, 0.25) is 0 Å². The summed E-state index contributed by atoms with van der Waals surface area (Å²) < 4.78 is 22.5. The highest BCUT2D eigenvalue weighted by Gasteiger charge is 2.31. The molecular weight excluding hydrogens is 769 g/mol. The van der Waals surface area contributed by atoms with Crippen LogP contribution in [0.2, 0.25) is 0 Å². The fourth-order valence-corrected chi connectivity index (χ4v) is 6.68. The summed E-state index contributed by atoms with van der Waals surface area (Å²) in [5, 5.41) is 5.13. The lowest BCUT2D eigenvalue weighted by atomic mass is 10.0. The first-order valence-corrected chi connectivity index (χ1v) is 19.5. The third-order valence-corrected chi connectivity index (χ3v) is 9.48. The topological polar surface area (TPSA) is 174 Å². The zero-order valence-corrected chi connectivity index (χ0v) is 33.1. The summed E-state index contributed by atoms with van der Waals surface area (Å²) in [7, 11) is 0. The molecule has 2 aliphatic heterocycles. The Morgan fingerprint density at radius 3 is 1.85 bits per heavy atom. The number of urea groups is 1. The van der Waals surface area contributed by atoms with Crippen molar-refractivity contribution in [3.05, 3.63) is 131 Å². The van der Waals surface area contributed by atoms with Crippen molar-refractivity contribution in [2.24, 2.45) is 0 Å². The van der Waals surface area contributed by atoms with E-state index in [1.165, 1.54) is 4.57 Å². The van der Waals surface area contributed by atoms with Gasteiger partial charge in [-0.2, -0.15) is 0 Å². The minimum atomic E-state index is -1.44. The number of imidazole rings is 1. The maximum absolute atomic E-state index is 12.9. The molecule has 5 aromatic rings. The Hall–Kier alpha value is -6.71. The molecule has 4 aromatic carbocycles. The maximum atomic E-state index is 12.9. The number of H-pyrrole nitrogens is 1. The molecule has 15 nitrogen and oxygen atoms in total. The van der Waals surface area contributed by atoms with Gasteiger partial charge in [-0.05, 0) is 50.2 Å². The number of amides is 2. The molecule has 0 radical (unpaired) electrons. The van der Waals surface area contributed by atoms with Crippen molar-refractivity contribution in [2.75, 3.05) is 80.9 Å². The number of anilines is 3. The quantitative estimate of drug-likeness (QED) is 0.0773. The predicted molar refractivity (Wildman–Crippen MR) is 230 cm³/mol. The Labute approximate surface area is 349 Å². The molecule has 1 unspecified atom stereocenters. The molecule has 2 amide bonds. The van der Waals surface area contributed by atoms with E-state index in [2.05, 4.69) is 25.4 Å². The van der Waals surface area contributed by atoms with Crippen molar-refractivity contribution in [3.63, 3.8) is 0 Å². The second-order valence-corrected chi connectivity index (χ2v) is 13.4. The molecule has 316 valence electrons. The number of hydrogen-bond acceptors (Lipinski definition) is 11. The molecule has 3 N–H and O–H groups in total. The van der Waals surface area contributed by atoms with Gasteiger partial charge in [-0.25, -0.2) is 19.2 Å². The van der Waals surface area contributed by atoms with Crippen LogP contribution in [0.3, 0.4) is 0 Å². The molecule has 2 saturated heterocycles. The summed E-state index contributed by atoms with van der Waals surface area (Å²) in [6.07, 6.45) is 0. The van der Waals surface area contributed by atoms with Crippen molar-refractivity contribution in [2.45, 2.75) is 27.3 Å². The molecule has 3 heterocycles. The van der Waals surface area contributed by atoms with Crippen molar-refractivity contribution >= 4 is 40.8 Å². The molecule has 15 heteroatoms. The third kappa shape index (κ3) is 11.3. The number of hydrogen-bond donors (Lipinski definition) is 3. The lowest BCUT2D eigenvalue weighted by Crippen LogP contribution is -2.49. The van der Waals surface area contributed by atoms with Gasteiger partial charge in [-0.1, -0.05) is 80.2 Å². The summed E-state index contributed by atoms with van der Waals surface area (Å²) in [5.41, 5.74) is 4.53. The van der Waals surface area contributed by atoms with Crippen molar-refractivity contribution in [1.29, 1.82) is 0 Å². The number of Topliss-reactive ketones (excluding diaryl/α,β-unsaturated/α-hetero) is 1. The summed E-state index contributed by atoms with van der Waals surface area (Å²) in [6.45, 7) is 9.50. The molecule has 2 aliphatic rings. The number of carbonyl (C=O) groups is 4. The van der Waals surface area contributed by atoms with Crippen LogP contribution in [0.1, 0.15) is 42.1 Å². The van der Waals surface area contributed by atoms with Crippen LogP contribution in [-0.4, -0.2) is 105 Å². The Kier molecular flexibility index (Phi) is 16.2. The fourth-order valence-electron chi connectivity index (χ4n) is 6.68. The monoisotopic (exact) mass is 820 g/mol. The van der Waals surface area contributed by atoms with E-state index in [9.17, 15) is 24.0 Å². The molecular formula is C45H52N6O9. The number of rotatable bonds is 12. The maximum Gasteiger partial charge on any atom is 0.357 e. The van der Waals surface area contributed by atoms with Gasteiger partial charge in [0.05, 0.1) is 51.0 Å². The zero-order valence-electron chi connectivity index (χ0n) is 33.1. The molecule has 0 spiro atoms. The largest absolute Gasteiger partial charge is 0.464 e. The normalized spacial score (nSPS) is 14.0. The van der Waals surface area contributed by atoms with Gasteiger partial charge in [0.15, 0.2) is 17.5 Å². The second kappa shape index (κ2) is 21.9. The predicted octanol–water partition coefficient (Wildman–Crippen LogP) is 5.94. The Morgan fingerprint density at radius 1 is 0.700 bits per heavy atom. The molecule has 0 saturated carbocycles. The highest BCUT2D eigenvalue weighted by Crippen LogP contribution is 2.28. The summed E-state index contributed by atoms with van der Waals surface area (Å²) in [5.74, 6) is -1.89. The Bertz CT molecular complexity index is 2250. The molecule has 0 bridgehead atoms. The van der Waals surface area contributed by atoms with Gasteiger partial charge in [-0.3, -0.25) is 14.3 Å². The SMILES string of the molecule is C.CCOC(=O)C(NC(=O)Nc1cccc(N2CCOCC2)c1)C(=O)c1ccccc1.CCOC(=O)c1[nH]c(=O)n(-c2cccc(N3CCOCC3)c2)c1-c1ccccc1. The van der Waals surface area contributed by atoms with Crippen LogP contribution in [0.25, 0.3) is 16.9 Å². The minimum absolute atomic E-state index is 0. The zero-order chi connectivity index (χ0) is 41.6. The summed E-state index contributed by atoms with van der Waals surface area (Å²) >= 11 is 0. The first kappa shape index (κ1) is 44.4. The van der Waals surface area contributed by atoms with Crippen LogP contribution in [-0.2, 0) is 23.7 Å².